The summed E-state index contributed by atoms with van der Waals surface area (Å²) < 4.78 is 5.98. The molecule has 2 aromatic carbocycles. The second-order valence-electron chi connectivity index (χ2n) is 5.30. The van der Waals surface area contributed by atoms with Crippen LogP contribution in [0.25, 0.3) is 0 Å². The van der Waals surface area contributed by atoms with E-state index in [2.05, 4.69) is 48.3 Å². The number of nitrogens with two attached hydrogens (primary N) is 1. The summed E-state index contributed by atoms with van der Waals surface area (Å²) in [7, 11) is 2.10. The van der Waals surface area contributed by atoms with Crippen molar-refractivity contribution in [2.24, 2.45) is 5.73 Å². The molecule has 0 saturated carbocycles. The van der Waals surface area contributed by atoms with Crippen molar-refractivity contribution in [3.63, 3.8) is 0 Å². The first-order chi connectivity index (χ1) is 9.76. The summed E-state index contributed by atoms with van der Waals surface area (Å²) in [5.41, 5.74) is 9.29. The molecule has 1 aliphatic heterocycles. The van der Waals surface area contributed by atoms with Gasteiger partial charge >= 0.3 is 0 Å². The third-order valence-corrected chi connectivity index (χ3v) is 3.80. The normalized spacial score (nSPS) is 16.6. The Bertz CT molecular complexity index is 555. The SMILES string of the molecule is CN(CC1Cc2ccccc2O1)c1ccc(CN)cc1. The zero-order chi connectivity index (χ0) is 13.9. The zero-order valence-electron chi connectivity index (χ0n) is 11.8. The lowest BCUT2D eigenvalue weighted by atomic mass is 10.1. The Labute approximate surface area is 120 Å². The Balaban J connectivity index is 1.64. The summed E-state index contributed by atoms with van der Waals surface area (Å²) >= 11 is 0. The van der Waals surface area contributed by atoms with Crippen LogP contribution in [0.1, 0.15) is 11.1 Å². The van der Waals surface area contributed by atoms with Crippen molar-refractivity contribution in [2.75, 3.05) is 18.5 Å². The molecule has 104 valence electrons. The van der Waals surface area contributed by atoms with Crippen LogP contribution in [0.3, 0.4) is 0 Å². The summed E-state index contributed by atoms with van der Waals surface area (Å²) in [6, 6.07) is 16.7. The quantitative estimate of drug-likeness (QED) is 0.926. The molecule has 1 heterocycles. The van der Waals surface area contributed by atoms with Gasteiger partial charge in [0.05, 0.1) is 6.54 Å². The van der Waals surface area contributed by atoms with E-state index in [1.54, 1.807) is 0 Å². The molecule has 1 atom stereocenters. The third kappa shape index (κ3) is 2.63. The number of anilines is 1. The van der Waals surface area contributed by atoms with Crippen molar-refractivity contribution in [1.82, 2.24) is 0 Å². The maximum absolute atomic E-state index is 5.98. The molecule has 0 aliphatic carbocycles. The molecule has 3 heteroatoms. The van der Waals surface area contributed by atoms with Crippen LogP contribution >= 0.6 is 0 Å². The van der Waals surface area contributed by atoms with Gasteiger partial charge in [0, 0.05) is 25.7 Å². The van der Waals surface area contributed by atoms with Crippen molar-refractivity contribution >= 4 is 5.69 Å². The lowest BCUT2D eigenvalue weighted by molar-refractivity contribution is 0.239. The summed E-state index contributed by atoms with van der Waals surface area (Å²) in [6.45, 7) is 1.47. The molecule has 0 aromatic heterocycles. The van der Waals surface area contributed by atoms with Crippen LogP contribution < -0.4 is 15.4 Å². The minimum atomic E-state index is 0.228. The molecule has 1 unspecified atom stereocenters. The highest BCUT2D eigenvalue weighted by atomic mass is 16.5. The van der Waals surface area contributed by atoms with Crippen molar-refractivity contribution in [3.8, 4) is 5.75 Å². The second kappa shape index (κ2) is 5.55. The van der Waals surface area contributed by atoms with Gasteiger partial charge in [-0.3, -0.25) is 0 Å². The van der Waals surface area contributed by atoms with Crippen LogP contribution in [0.5, 0.6) is 5.75 Å². The smallest absolute Gasteiger partial charge is 0.123 e. The van der Waals surface area contributed by atoms with Gasteiger partial charge in [0.25, 0.3) is 0 Å². The monoisotopic (exact) mass is 268 g/mol. The maximum Gasteiger partial charge on any atom is 0.123 e. The third-order valence-electron chi connectivity index (χ3n) is 3.80. The number of fused-ring (bicyclic) bond motifs is 1. The Kier molecular flexibility index (Phi) is 3.61. The molecule has 0 fully saturated rings. The van der Waals surface area contributed by atoms with Crippen LogP contribution in [0.15, 0.2) is 48.5 Å². The minimum absolute atomic E-state index is 0.228. The fourth-order valence-electron chi connectivity index (χ4n) is 2.65. The van der Waals surface area contributed by atoms with Gasteiger partial charge in [-0.05, 0) is 29.3 Å². The molecule has 2 N–H and O–H groups in total. The zero-order valence-corrected chi connectivity index (χ0v) is 11.8. The molecule has 0 bridgehead atoms. The number of ether oxygens (including phenoxy) is 1. The number of nitrogens with zero attached hydrogens (tertiary/aromatic N) is 1. The number of rotatable bonds is 4. The second-order valence-corrected chi connectivity index (χ2v) is 5.30. The maximum atomic E-state index is 5.98. The number of hydrogen-bond donors (Lipinski definition) is 1. The van der Waals surface area contributed by atoms with E-state index in [1.165, 1.54) is 11.3 Å². The largest absolute Gasteiger partial charge is 0.488 e. The number of para-hydroxylation sites is 1. The fraction of sp³-hybridized carbons (Fsp3) is 0.294. The van der Waals surface area contributed by atoms with E-state index in [0.29, 0.717) is 6.54 Å². The van der Waals surface area contributed by atoms with Gasteiger partial charge in [-0.2, -0.15) is 0 Å². The highest BCUT2D eigenvalue weighted by Crippen LogP contribution is 2.29. The number of likely N-dealkylation sites (N-methyl/N-ethyl adjacent to an activating group) is 1. The van der Waals surface area contributed by atoms with E-state index in [0.717, 1.165) is 24.3 Å². The van der Waals surface area contributed by atoms with Gasteiger partial charge in [-0.25, -0.2) is 0 Å². The highest BCUT2D eigenvalue weighted by Gasteiger charge is 2.23. The van der Waals surface area contributed by atoms with Crippen molar-refractivity contribution < 1.29 is 4.74 Å². The predicted octanol–water partition coefficient (Wildman–Crippen LogP) is 2.59. The molecule has 1 aliphatic rings. The van der Waals surface area contributed by atoms with Gasteiger partial charge in [-0.1, -0.05) is 30.3 Å². The van der Waals surface area contributed by atoms with Gasteiger partial charge in [-0.15, -0.1) is 0 Å². The topological polar surface area (TPSA) is 38.5 Å². The standard InChI is InChI=1S/C17H20N2O/c1-19(15-8-6-13(11-18)7-9-15)12-16-10-14-4-2-3-5-17(14)20-16/h2-9,16H,10-12,18H2,1H3. The van der Waals surface area contributed by atoms with E-state index < -0.39 is 0 Å². The van der Waals surface area contributed by atoms with Crippen molar-refractivity contribution in [3.05, 3.63) is 59.7 Å². The molecule has 0 spiro atoms. The summed E-state index contributed by atoms with van der Waals surface area (Å²) in [5.74, 6) is 1.03. The van der Waals surface area contributed by atoms with Gasteiger partial charge < -0.3 is 15.4 Å². The molecule has 3 nitrogen and oxygen atoms in total. The summed E-state index contributed by atoms with van der Waals surface area (Å²) in [4.78, 5) is 2.23. The first kappa shape index (κ1) is 13.0. The molecule has 3 rings (SSSR count). The molecular weight excluding hydrogens is 248 g/mol. The fourth-order valence-corrected chi connectivity index (χ4v) is 2.65. The first-order valence-corrected chi connectivity index (χ1v) is 7.01. The van der Waals surface area contributed by atoms with Gasteiger partial charge in [0.1, 0.15) is 11.9 Å². The Hall–Kier alpha value is -2.00. The van der Waals surface area contributed by atoms with Crippen molar-refractivity contribution in [2.45, 2.75) is 19.1 Å². The Morgan fingerprint density at radius 1 is 1.15 bits per heavy atom. The van der Waals surface area contributed by atoms with Crippen LogP contribution in [0.2, 0.25) is 0 Å². The lowest BCUT2D eigenvalue weighted by Gasteiger charge is -2.23. The Morgan fingerprint density at radius 3 is 2.60 bits per heavy atom. The molecule has 0 radical (unpaired) electrons. The number of benzene rings is 2. The van der Waals surface area contributed by atoms with Crippen LogP contribution in [0, 0.1) is 0 Å². The van der Waals surface area contributed by atoms with Crippen molar-refractivity contribution in [1.29, 1.82) is 0 Å². The van der Waals surface area contributed by atoms with E-state index >= 15 is 0 Å². The predicted molar refractivity (Wildman–Crippen MR) is 82.2 cm³/mol. The van der Waals surface area contributed by atoms with E-state index in [4.69, 9.17) is 10.5 Å². The number of hydrogen-bond acceptors (Lipinski definition) is 3. The first-order valence-electron chi connectivity index (χ1n) is 7.01. The summed E-state index contributed by atoms with van der Waals surface area (Å²) in [5, 5.41) is 0. The van der Waals surface area contributed by atoms with Crippen LogP contribution in [-0.4, -0.2) is 19.7 Å². The molecule has 0 amide bonds. The highest BCUT2D eigenvalue weighted by molar-refractivity contribution is 5.47. The Morgan fingerprint density at radius 2 is 1.90 bits per heavy atom. The molecular formula is C17H20N2O. The van der Waals surface area contributed by atoms with E-state index in [-0.39, 0.29) is 6.10 Å². The molecule has 0 saturated heterocycles. The van der Waals surface area contributed by atoms with Crippen LogP contribution in [0.4, 0.5) is 5.69 Å². The average molecular weight is 268 g/mol. The average Bonchev–Trinajstić information content (AvgIpc) is 2.89. The summed E-state index contributed by atoms with van der Waals surface area (Å²) in [6.07, 6.45) is 1.22. The van der Waals surface area contributed by atoms with Gasteiger partial charge in [0.2, 0.25) is 0 Å². The minimum Gasteiger partial charge on any atom is -0.488 e. The lowest BCUT2D eigenvalue weighted by Crippen LogP contribution is -2.31. The molecule has 2 aromatic rings. The van der Waals surface area contributed by atoms with E-state index in [9.17, 15) is 0 Å². The van der Waals surface area contributed by atoms with E-state index in [1.807, 2.05) is 12.1 Å². The van der Waals surface area contributed by atoms with Gasteiger partial charge in [0.15, 0.2) is 0 Å². The molecule has 20 heavy (non-hydrogen) atoms. The van der Waals surface area contributed by atoms with Crippen LogP contribution in [-0.2, 0) is 13.0 Å².